The van der Waals surface area contributed by atoms with Crippen molar-refractivity contribution in [3.63, 3.8) is 0 Å². The summed E-state index contributed by atoms with van der Waals surface area (Å²) in [4.78, 5) is 10.6. The largest absolute Gasteiger partial charge is 0.481 e. The van der Waals surface area contributed by atoms with E-state index in [1.807, 2.05) is 0 Å². The Kier molecular flexibility index (Phi) is 3.39. The lowest BCUT2D eigenvalue weighted by atomic mass is 10.00. The number of rotatable bonds is 4. The van der Waals surface area contributed by atoms with E-state index in [9.17, 15) is 18.0 Å². The molecule has 6 heteroatoms. The third kappa shape index (κ3) is 4.05. The van der Waals surface area contributed by atoms with Crippen LogP contribution >= 0.6 is 0 Å². The highest BCUT2D eigenvalue weighted by Gasteiger charge is 2.35. The van der Waals surface area contributed by atoms with Crippen molar-refractivity contribution in [2.24, 2.45) is 5.92 Å². The van der Waals surface area contributed by atoms with E-state index < -0.39 is 24.5 Å². The van der Waals surface area contributed by atoms with E-state index in [4.69, 9.17) is 9.52 Å². The minimum absolute atomic E-state index is 0.242. The zero-order valence-electron chi connectivity index (χ0n) is 7.62. The van der Waals surface area contributed by atoms with Gasteiger partial charge in [0, 0.05) is 6.42 Å². The van der Waals surface area contributed by atoms with Crippen LogP contribution in [0.3, 0.4) is 0 Å². The molecule has 1 heterocycles. The van der Waals surface area contributed by atoms with Crippen LogP contribution in [0.5, 0.6) is 0 Å². The number of alkyl halides is 3. The minimum Gasteiger partial charge on any atom is -0.481 e. The van der Waals surface area contributed by atoms with Crippen LogP contribution < -0.4 is 0 Å². The maximum Gasteiger partial charge on any atom is 0.389 e. The molecule has 0 fully saturated rings. The van der Waals surface area contributed by atoms with Gasteiger partial charge in [-0.2, -0.15) is 13.2 Å². The summed E-state index contributed by atoms with van der Waals surface area (Å²) in [5.41, 5.74) is 0. The van der Waals surface area contributed by atoms with Crippen molar-refractivity contribution >= 4 is 5.97 Å². The smallest absolute Gasteiger partial charge is 0.389 e. The maximum atomic E-state index is 12.0. The van der Waals surface area contributed by atoms with Crippen molar-refractivity contribution in [1.82, 2.24) is 0 Å². The first-order chi connectivity index (χ1) is 6.88. The molecule has 1 atom stereocenters. The number of hydrogen-bond acceptors (Lipinski definition) is 2. The fourth-order valence-corrected chi connectivity index (χ4v) is 1.20. The molecule has 0 saturated heterocycles. The predicted molar refractivity (Wildman–Crippen MR) is 44.2 cm³/mol. The van der Waals surface area contributed by atoms with E-state index in [-0.39, 0.29) is 12.2 Å². The lowest BCUT2D eigenvalue weighted by Gasteiger charge is -2.12. The van der Waals surface area contributed by atoms with E-state index in [1.165, 1.54) is 18.4 Å². The highest BCUT2D eigenvalue weighted by Crippen LogP contribution is 2.27. The SMILES string of the molecule is O=C(O)[C@@H](Cc1ccco1)CC(F)(F)F. The Morgan fingerprint density at radius 1 is 1.53 bits per heavy atom. The first kappa shape index (κ1) is 11.6. The second kappa shape index (κ2) is 4.37. The zero-order valence-corrected chi connectivity index (χ0v) is 7.62. The van der Waals surface area contributed by atoms with E-state index in [0.717, 1.165) is 0 Å². The molecule has 1 aromatic heterocycles. The fourth-order valence-electron chi connectivity index (χ4n) is 1.20. The number of halogens is 3. The van der Waals surface area contributed by atoms with Crippen molar-refractivity contribution in [3.8, 4) is 0 Å². The van der Waals surface area contributed by atoms with Gasteiger partial charge in [0.1, 0.15) is 5.76 Å². The molecule has 0 aromatic carbocycles. The van der Waals surface area contributed by atoms with E-state index in [1.54, 1.807) is 0 Å². The molecule has 0 aliphatic rings. The molecule has 0 unspecified atom stereocenters. The average molecular weight is 222 g/mol. The van der Waals surface area contributed by atoms with Gasteiger partial charge in [0.05, 0.1) is 18.6 Å². The van der Waals surface area contributed by atoms with Crippen molar-refractivity contribution in [3.05, 3.63) is 24.2 Å². The van der Waals surface area contributed by atoms with Crippen LogP contribution in [0.15, 0.2) is 22.8 Å². The molecule has 1 N–H and O–H groups in total. The van der Waals surface area contributed by atoms with Crippen molar-refractivity contribution in [2.45, 2.75) is 19.0 Å². The molecule has 0 saturated carbocycles. The minimum atomic E-state index is -4.48. The molecule has 0 aliphatic carbocycles. The molecule has 3 nitrogen and oxygen atoms in total. The third-order valence-electron chi connectivity index (χ3n) is 1.85. The van der Waals surface area contributed by atoms with Gasteiger partial charge in [-0.05, 0) is 12.1 Å². The summed E-state index contributed by atoms with van der Waals surface area (Å²) in [6.07, 6.45) is -4.78. The second-order valence-electron chi connectivity index (χ2n) is 3.14. The topological polar surface area (TPSA) is 50.4 Å². The standard InChI is InChI=1S/C9H9F3O3/c10-9(11,12)5-6(8(13)14)4-7-2-1-3-15-7/h1-3,6H,4-5H2,(H,13,14)/t6-/m0/s1. The second-order valence-corrected chi connectivity index (χ2v) is 3.14. The van der Waals surface area contributed by atoms with E-state index >= 15 is 0 Å². The van der Waals surface area contributed by atoms with Crippen LogP contribution in [0, 0.1) is 5.92 Å². The van der Waals surface area contributed by atoms with Gasteiger partial charge in [-0.15, -0.1) is 0 Å². The molecular formula is C9H9F3O3. The van der Waals surface area contributed by atoms with Crippen LogP contribution in [-0.4, -0.2) is 17.3 Å². The Balaban J connectivity index is 2.63. The van der Waals surface area contributed by atoms with Crippen LogP contribution in [0.25, 0.3) is 0 Å². The molecular weight excluding hydrogens is 213 g/mol. The molecule has 0 radical (unpaired) electrons. The average Bonchev–Trinajstić information content (AvgIpc) is 2.52. The fraction of sp³-hybridized carbons (Fsp3) is 0.444. The molecule has 0 spiro atoms. The van der Waals surface area contributed by atoms with Gasteiger partial charge >= 0.3 is 12.1 Å². The van der Waals surface area contributed by atoms with E-state index in [2.05, 4.69) is 0 Å². The Hall–Kier alpha value is -1.46. The van der Waals surface area contributed by atoms with Crippen molar-refractivity contribution in [2.75, 3.05) is 0 Å². The van der Waals surface area contributed by atoms with Crippen LogP contribution in [0.1, 0.15) is 12.2 Å². The normalized spacial score (nSPS) is 13.8. The summed E-state index contributed by atoms with van der Waals surface area (Å²) >= 11 is 0. The number of furan rings is 1. The molecule has 0 amide bonds. The molecule has 0 aliphatic heterocycles. The summed E-state index contributed by atoms with van der Waals surface area (Å²) in [7, 11) is 0. The number of carbonyl (C=O) groups is 1. The summed E-state index contributed by atoms with van der Waals surface area (Å²) in [5, 5.41) is 8.59. The van der Waals surface area contributed by atoms with Gasteiger partial charge in [0.2, 0.25) is 0 Å². The molecule has 1 aromatic rings. The monoisotopic (exact) mass is 222 g/mol. The van der Waals surface area contributed by atoms with Gasteiger partial charge in [0.25, 0.3) is 0 Å². The zero-order chi connectivity index (χ0) is 11.5. The summed E-state index contributed by atoms with van der Waals surface area (Å²) < 4.78 is 40.8. The quantitative estimate of drug-likeness (QED) is 0.851. The van der Waals surface area contributed by atoms with Crippen LogP contribution in [-0.2, 0) is 11.2 Å². The number of carboxylic acid groups (broad SMARTS) is 1. The number of hydrogen-bond donors (Lipinski definition) is 1. The molecule has 84 valence electrons. The van der Waals surface area contributed by atoms with Gasteiger partial charge in [-0.3, -0.25) is 4.79 Å². The van der Waals surface area contributed by atoms with Gasteiger partial charge in [-0.25, -0.2) is 0 Å². The number of aliphatic carboxylic acids is 1. The lowest BCUT2D eigenvalue weighted by molar-refractivity contribution is -0.163. The molecule has 15 heavy (non-hydrogen) atoms. The first-order valence-electron chi connectivity index (χ1n) is 4.20. The predicted octanol–water partition coefficient (Wildman–Crippen LogP) is 2.48. The maximum absolute atomic E-state index is 12.0. The Labute approximate surface area is 83.5 Å². The highest BCUT2D eigenvalue weighted by molar-refractivity contribution is 5.70. The Morgan fingerprint density at radius 3 is 2.60 bits per heavy atom. The summed E-state index contributed by atoms with van der Waals surface area (Å²) in [6, 6.07) is 2.95. The summed E-state index contributed by atoms with van der Waals surface area (Å²) in [6.45, 7) is 0. The Morgan fingerprint density at radius 2 is 2.20 bits per heavy atom. The van der Waals surface area contributed by atoms with Gasteiger partial charge in [-0.1, -0.05) is 0 Å². The van der Waals surface area contributed by atoms with Crippen LogP contribution in [0.2, 0.25) is 0 Å². The third-order valence-corrected chi connectivity index (χ3v) is 1.85. The van der Waals surface area contributed by atoms with E-state index in [0.29, 0.717) is 0 Å². The Bertz CT molecular complexity index is 316. The van der Waals surface area contributed by atoms with Crippen molar-refractivity contribution < 1.29 is 27.5 Å². The van der Waals surface area contributed by atoms with Crippen LogP contribution in [0.4, 0.5) is 13.2 Å². The molecule has 0 bridgehead atoms. The van der Waals surface area contributed by atoms with Gasteiger partial charge < -0.3 is 9.52 Å². The van der Waals surface area contributed by atoms with Crippen molar-refractivity contribution in [1.29, 1.82) is 0 Å². The van der Waals surface area contributed by atoms with Gasteiger partial charge in [0.15, 0.2) is 0 Å². The molecule has 1 rings (SSSR count). The highest BCUT2D eigenvalue weighted by atomic mass is 19.4. The first-order valence-corrected chi connectivity index (χ1v) is 4.20. The summed E-state index contributed by atoms with van der Waals surface area (Å²) in [5.74, 6) is -2.72. The number of carboxylic acids is 1. The lowest BCUT2D eigenvalue weighted by Crippen LogP contribution is -2.23.